The zero-order valence-corrected chi connectivity index (χ0v) is 12.4. The van der Waals surface area contributed by atoms with E-state index in [1.807, 2.05) is 12.3 Å². The van der Waals surface area contributed by atoms with Crippen LogP contribution in [-0.4, -0.2) is 11.5 Å². The normalized spacial score (nSPS) is 12.4. The predicted molar refractivity (Wildman–Crippen MR) is 80.5 cm³/mol. The summed E-state index contributed by atoms with van der Waals surface area (Å²) in [7, 11) is 0. The first-order chi connectivity index (χ1) is 9.61. The number of nitrogens with zero attached hydrogens (tertiary/aromatic N) is 1. The van der Waals surface area contributed by atoms with Gasteiger partial charge in [0.05, 0.1) is 0 Å². The second-order valence-electron chi connectivity index (χ2n) is 4.78. The summed E-state index contributed by atoms with van der Waals surface area (Å²) in [5, 5.41) is 3.90. The maximum atomic E-state index is 13.1. The number of hydrogen-bond donors (Lipinski definition) is 1. The highest BCUT2D eigenvalue weighted by Gasteiger charge is 2.15. The SMILES string of the molecule is CCNC(Cc1ccc(F)cc1Cl)c1cnccc1C. The molecule has 1 unspecified atom stereocenters. The summed E-state index contributed by atoms with van der Waals surface area (Å²) in [6, 6.07) is 6.66. The maximum Gasteiger partial charge on any atom is 0.124 e. The van der Waals surface area contributed by atoms with Crippen LogP contribution in [0.3, 0.4) is 0 Å². The fourth-order valence-corrected chi connectivity index (χ4v) is 2.53. The Morgan fingerprint density at radius 2 is 2.15 bits per heavy atom. The van der Waals surface area contributed by atoms with Crippen molar-refractivity contribution in [2.75, 3.05) is 6.54 Å². The number of likely N-dealkylation sites (N-methyl/N-ethyl adjacent to an activating group) is 1. The van der Waals surface area contributed by atoms with Crippen LogP contribution in [0.1, 0.15) is 29.7 Å². The van der Waals surface area contributed by atoms with E-state index in [1.54, 1.807) is 12.3 Å². The third-order valence-corrected chi connectivity index (χ3v) is 3.70. The molecule has 20 heavy (non-hydrogen) atoms. The predicted octanol–water partition coefficient (Wildman–Crippen LogP) is 4.08. The molecular formula is C16H18ClFN2. The molecule has 2 rings (SSSR count). The maximum absolute atomic E-state index is 13.1. The first-order valence-electron chi connectivity index (χ1n) is 6.69. The monoisotopic (exact) mass is 292 g/mol. The van der Waals surface area contributed by atoms with Gasteiger partial charge in [-0.1, -0.05) is 24.6 Å². The highest BCUT2D eigenvalue weighted by molar-refractivity contribution is 6.31. The summed E-state index contributed by atoms with van der Waals surface area (Å²) in [6.45, 7) is 4.97. The average molecular weight is 293 g/mol. The van der Waals surface area contributed by atoms with Gasteiger partial charge in [-0.15, -0.1) is 0 Å². The summed E-state index contributed by atoms with van der Waals surface area (Å²) in [6.07, 6.45) is 4.37. The third-order valence-electron chi connectivity index (χ3n) is 3.34. The van der Waals surface area contributed by atoms with Crippen LogP contribution in [0.25, 0.3) is 0 Å². The lowest BCUT2D eigenvalue weighted by Crippen LogP contribution is -2.24. The first-order valence-corrected chi connectivity index (χ1v) is 7.07. The molecule has 0 aliphatic rings. The minimum atomic E-state index is -0.309. The van der Waals surface area contributed by atoms with E-state index in [1.165, 1.54) is 17.7 Å². The summed E-state index contributed by atoms with van der Waals surface area (Å²) in [5.74, 6) is -0.309. The van der Waals surface area contributed by atoms with Crippen molar-refractivity contribution in [2.24, 2.45) is 0 Å². The van der Waals surface area contributed by atoms with Crippen LogP contribution in [0.15, 0.2) is 36.7 Å². The van der Waals surface area contributed by atoms with Gasteiger partial charge < -0.3 is 5.32 Å². The van der Waals surface area contributed by atoms with Crippen LogP contribution in [0, 0.1) is 12.7 Å². The smallest absolute Gasteiger partial charge is 0.124 e. The van der Waals surface area contributed by atoms with Crippen LogP contribution in [0.2, 0.25) is 5.02 Å². The van der Waals surface area contributed by atoms with E-state index < -0.39 is 0 Å². The standard InChI is InChI=1S/C16H18ClFN2/c1-3-20-16(14-10-19-7-6-11(14)2)8-12-4-5-13(18)9-15(12)17/h4-7,9-10,16,20H,3,8H2,1-2H3. The quantitative estimate of drug-likeness (QED) is 0.898. The Kier molecular flexibility index (Phi) is 5.10. The molecule has 0 aliphatic heterocycles. The highest BCUT2D eigenvalue weighted by Crippen LogP contribution is 2.25. The molecule has 0 saturated carbocycles. The van der Waals surface area contributed by atoms with Crippen LogP contribution in [0.4, 0.5) is 4.39 Å². The van der Waals surface area contributed by atoms with Gasteiger partial charge in [0.1, 0.15) is 5.82 Å². The Bertz CT molecular complexity index is 586. The van der Waals surface area contributed by atoms with Gasteiger partial charge in [0, 0.05) is 23.5 Å². The summed E-state index contributed by atoms with van der Waals surface area (Å²) in [5.41, 5.74) is 3.26. The molecule has 4 heteroatoms. The van der Waals surface area contributed by atoms with Gasteiger partial charge in [-0.3, -0.25) is 4.98 Å². The van der Waals surface area contributed by atoms with Crippen LogP contribution in [0.5, 0.6) is 0 Å². The topological polar surface area (TPSA) is 24.9 Å². The first kappa shape index (κ1) is 14.9. The molecule has 1 aromatic carbocycles. The molecule has 0 bridgehead atoms. The molecule has 1 heterocycles. The number of pyridine rings is 1. The van der Waals surface area contributed by atoms with E-state index >= 15 is 0 Å². The fraction of sp³-hybridized carbons (Fsp3) is 0.312. The molecule has 1 atom stereocenters. The van der Waals surface area contributed by atoms with Gasteiger partial charge in [0.15, 0.2) is 0 Å². The number of hydrogen-bond acceptors (Lipinski definition) is 2. The number of aromatic nitrogens is 1. The van der Waals surface area contributed by atoms with Gasteiger partial charge in [0.2, 0.25) is 0 Å². The van der Waals surface area contributed by atoms with Crippen molar-refractivity contribution < 1.29 is 4.39 Å². The number of benzene rings is 1. The molecule has 2 nitrogen and oxygen atoms in total. The van der Waals surface area contributed by atoms with Crippen LogP contribution < -0.4 is 5.32 Å². The Morgan fingerprint density at radius 1 is 1.35 bits per heavy atom. The molecule has 2 aromatic rings. The minimum absolute atomic E-state index is 0.122. The Balaban J connectivity index is 2.28. The van der Waals surface area contributed by atoms with Gasteiger partial charge >= 0.3 is 0 Å². The van der Waals surface area contributed by atoms with E-state index in [9.17, 15) is 4.39 Å². The van der Waals surface area contributed by atoms with E-state index in [0.717, 1.165) is 17.7 Å². The average Bonchev–Trinajstić information content (AvgIpc) is 2.42. The van der Waals surface area contributed by atoms with Gasteiger partial charge in [-0.25, -0.2) is 4.39 Å². The van der Waals surface area contributed by atoms with Crippen LogP contribution >= 0.6 is 11.6 Å². The Morgan fingerprint density at radius 3 is 2.80 bits per heavy atom. The summed E-state index contributed by atoms with van der Waals surface area (Å²) >= 11 is 6.12. The molecule has 0 spiro atoms. The van der Waals surface area contributed by atoms with Gasteiger partial charge in [0.25, 0.3) is 0 Å². The molecule has 0 radical (unpaired) electrons. The van der Waals surface area contributed by atoms with Crippen molar-refractivity contribution in [1.82, 2.24) is 10.3 Å². The van der Waals surface area contributed by atoms with Crippen molar-refractivity contribution in [3.63, 3.8) is 0 Å². The second kappa shape index (κ2) is 6.82. The molecule has 0 aliphatic carbocycles. The highest BCUT2D eigenvalue weighted by atomic mass is 35.5. The summed E-state index contributed by atoms with van der Waals surface area (Å²) in [4.78, 5) is 4.19. The number of rotatable bonds is 5. The molecule has 0 saturated heterocycles. The third kappa shape index (κ3) is 3.56. The van der Waals surface area contributed by atoms with E-state index in [0.29, 0.717) is 11.4 Å². The number of aryl methyl sites for hydroxylation is 1. The Labute approximate surface area is 124 Å². The lowest BCUT2D eigenvalue weighted by atomic mass is 9.97. The largest absolute Gasteiger partial charge is 0.310 e. The van der Waals surface area contributed by atoms with Crippen LogP contribution in [-0.2, 0) is 6.42 Å². The van der Waals surface area contributed by atoms with Gasteiger partial charge in [-0.2, -0.15) is 0 Å². The number of nitrogens with one attached hydrogen (secondary N) is 1. The van der Waals surface area contributed by atoms with Gasteiger partial charge in [-0.05, 0) is 54.8 Å². The minimum Gasteiger partial charge on any atom is -0.310 e. The molecule has 106 valence electrons. The van der Waals surface area contributed by atoms with Crippen molar-refractivity contribution in [1.29, 1.82) is 0 Å². The Hall–Kier alpha value is -1.45. The van der Waals surface area contributed by atoms with E-state index in [4.69, 9.17) is 11.6 Å². The van der Waals surface area contributed by atoms with E-state index in [-0.39, 0.29) is 11.9 Å². The number of halogens is 2. The lowest BCUT2D eigenvalue weighted by Gasteiger charge is -2.20. The lowest BCUT2D eigenvalue weighted by molar-refractivity contribution is 0.544. The van der Waals surface area contributed by atoms with Crippen molar-refractivity contribution >= 4 is 11.6 Å². The second-order valence-corrected chi connectivity index (χ2v) is 5.19. The van der Waals surface area contributed by atoms with Crippen molar-refractivity contribution in [3.8, 4) is 0 Å². The summed E-state index contributed by atoms with van der Waals surface area (Å²) < 4.78 is 13.1. The zero-order valence-electron chi connectivity index (χ0n) is 11.7. The zero-order chi connectivity index (χ0) is 14.5. The molecule has 0 fully saturated rings. The van der Waals surface area contributed by atoms with Crippen molar-refractivity contribution in [3.05, 3.63) is 64.2 Å². The molecule has 1 N–H and O–H groups in total. The molecule has 1 aromatic heterocycles. The van der Waals surface area contributed by atoms with Crippen molar-refractivity contribution in [2.45, 2.75) is 26.3 Å². The van der Waals surface area contributed by atoms with E-state index in [2.05, 4.69) is 24.1 Å². The molecule has 0 amide bonds. The fourth-order valence-electron chi connectivity index (χ4n) is 2.29. The molecular weight excluding hydrogens is 275 g/mol.